The number of hydrogen-bond donors (Lipinski definition) is 2. The maximum Gasteiger partial charge on any atom is 0.237 e. The number of terminal acetylenes is 1. The van der Waals surface area contributed by atoms with Gasteiger partial charge in [-0.25, -0.2) is 0 Å². The zero-order valence-corrected chi connectivity index (χ0v) is 9.83. The summed E-state index contributed by atoms with van der Waals surface area (Å²) >= 11 is 0. The Morgan fingerprint density at radius 2 is 1.94 bits per heavy atom. The highest BCUT2D eigenvalue weighted by atomic mass is 16.2. The van der Waals surface area contributed by atoms with Crippen LogP contribution in [0.2, 0.25) is 0 Å². The highest BCUT2D eigenvalue weighted by Gasteiger charge is 2.42. The highest BCUT2D eigenvalue weighted by Crippen LogP contribution is 2.44. The molecule has 0 heterocycles. The molecule has 0 saturated heterocycles. The lowest BCUT2D eigenvalue weighted by Gasteiger charge is -2.22. The monoisotopic (exact) mass is 220 g/mol. The van der Waals surface area contributed by atoms with Gasteiger partial charge < -0.3 is 10.6 Å². The summed E-state index contributed by atoms with van der Waals surface area (Å²) in [6.45, 7) is 2.24. The molecular formula is C13H20N2O. The Morgan fingerprint density at radius 1 is 1.38 bits per heavy atom. The predicted molar refractivity (Wildman–Crippen MR) is 63.7 cm³/mol. The standard InChI is InChI=1S/C13H20N2O/c1-3-8-14-13(16)9(2)15-12(10-4-5-10)11-6-7-11/h1,9-12,15H,4-8H2,2H3,(H,14,16). The number of nitrogens with one attached hydrogen (secondary N) is 2. The maximum atomic E-state index is 11.7. The molecule has 0 aromatic rings. The van der Waals surface area contributed by atoms with E-state index in [2.05, 4.69) is 16.6 Å². The number of rotatable bonds is 6. The van der Waals surface area contributed by atoms with Crippen molar-refractivity contribution in [2.75, 3.05) is 6.54 Å². The third-order valence-corrected chi connectivity index (χ3v) is 3.46. The topological polar surface area (TPSA) is 41.1 Å². The SMILES string of the molecule is C#CCNC(=O)C(C)NC(C1CC1)C1CC1. The van der Waals surface area contributed by atoms with Crippen molar-refractivity contribution < 1.29 is 4.79 Å². The minimum atomic E-state index is -0.125. The molecule has 0 bridgehead atoms. The van der Waals surface area contributed by atoms with Gasteiger partial charge in [0.2, 0.25) is 5.91 Å². The van der Waals surface area contributed by atoms with E-state index >= 15 is 0 Å². The zero-order chi connectivity index (χ0) is 11.5. The van der Waals surface area contributed by atoms with Gasteiger partial charge in [-0.15, -0.1) is 6.42 Å². The maximum absolute atomic E-state index is 11.7. The van der Waals surface area contributed by atoms with E-state index in [1.54, 1.807) is 0 Å². The van der Waals surface area contributed by atoms with Gasteiger partial charge in [0.1, 0.15) is 0 Å². The molecule has 88 valence electrons. The van der Waals surface area contributed by atoms with Crippen LogP contribution in [0.4, 0.5) is 0 Å². The van der Waals surface area contributed by atoms with Crippen LogP contribution in [0, 0.1) is 24.2 Å². The molecule has 1 amide bonds. The molecule has 1 atom stereocenters. The Balaban J connectivity index is 1.78. The van der Waals surface area contributed by atoms with Crippen LogP contribution in [-0.4, -0.2) is 24.5 Å². The van der Waals surface area contributed by atoms with E-state index in [1.165, 1.54) is 25.7 Å². The molecule has 2 aliphatic carbocycles. The Bertz CT molecular complexity index is 288. The van der Waals surface area contributed by atoms with Crippen LogP contribution in [-0.2, 0) is 4.79 Å². The zero-order valence-electron chi connectivity index (χ0n) is 9.83. The molecule has 0 aromatic heterocycles. The first-order valence-corrected chi connectivity index (χ1v) is 6.19. The fourth-order valence-electron chi connectivity index (χ4n) is 2.22. The van der Waals surface area contributed by atoms with Crippen molar-refractivity contribution in [3.63, 3.8) is 0 Å². The first kappa shape index (κ1) is 11.5. The lowest BCUT2D eigenvalue weighted by Crippen LogP contribution is -2.48. The lowest BCUT2D eigenvalue weighted by atomic mass is 10.1. The van der Waals surface area contributed by atoms with Crippen LogP contribution < -0.4 is 10.6 Å². The third kappa shape index (κ3) is 2.99. The van der Waals surface area contributed by atoms with Crippen LogP contribution in [0.25, 0.3) is 0 Å². The minimum absolute atomic E-state index is 0.0178. The van der Waals surface area contributed by atoms with E-state index in [0.717, 1.165) is 11.8 Å². The van der Waals surface area contributed by atoms with Crippen molar-refractivity contribution in [3.05, 3.63) is 0 Å². The van der Waals surface area contributed by atoms with Gasteiger partial charge in [0.05, 0.1) is 12.6 Å². The predicted octanol–water partition coefficient (Wildman–Crippen LogP) is 0.902. The molecule has 0 spiro atoms. The molecule has 2 saturated carbocycles. The van der Waals surface area contributed by atoms with Crippen molar-refractivity contribution >= 4 is 5.91 Å². The van der Waals surface area contributed by atoms with Crippen LogP contribution in [0.15, 0.2) is 0 Å². The number of carbonyl (C=O) groups excluding carboxylic acids is 1. The van der Waals surface area contributed by atoms with Crippen molar-refractivity contribution in [2.45, 2.75) is 44.7 Å². The number of carbonyl (C=O) groups is 1. The second-order valence-corrected chi connectivity index (χ2v) is 5.01. The molecule has 16 heavy (non-hydrogen) atoms. The summed E-state index contributed by atoms with van der Waals surface area (Å²) in [5.41, 5.74) is 0. The van der Waals surface area contributed by atoms with Gasteiger partial charge in [-0.1, -0.05) is 5.92 Å². The summed E-state index contributed by atoms with van der Waals surface area (Å²) in [5, 5.41) is 6.19. The average molecular weight is 220 g/mol. The molecule has 2 aliphatic rings. The largest absolute Gasteiger partial charge is 0.344 e. The number of hydrogen-bond acceptors (Lipinski definition) is 2. The summed E-state index contributed by atoms with van der Waals surface area (Å²) < 4.78 is 0. The first-order valence-electron chi connectivity index (χ1n) is 6.19. The van der Waals surface area contributed by atoms with E-state index in [4.69, 9.17) is 6.42 Å². The van der Waals surface area contributed by atoms with E-state index in [0.29, 0.717) is 12.6 Å². The normalized spacial score (nSPS) is 21.6. The molecule has 0 aliphatic heterocycles. The van der Waals surface area contributed by atoms with Crippen LogP contribution in [0.5, 0.6) is 0 Å². The van der Waals surface area contributed by atoms with Gasteiger partial charge in [0, 0.05) is 6.04 Å². The Hall–Kier alpha value is -1.01. The second kappa shape index (κ2) is 4.88. The third-order valence-electron chi connectivity index (χ3n) is 3.46. The fraction of sp³-hybridized carbons (Fsp3) is 0.769. The first-order chi connectivity index (χ1) is 7.72. The summed E-state index contributed by atoms with van der Waals surface area (Å²) in [4.78, 5) is 11.7. The molecular weight excluding hydrogens is 200 g/mol. The smallest absolute Gasteiger partial charge is 0.237 e. The van der Waals surface area contributed by atoms with Gasteiger partial charge in [-0.05, 0) is 44.4 Å². The fourth-order valence-corrected chi connectivity index (χ4v) is 2.22. The van der Waals surface area contributed by atoms with Gasteiger partial charge in [-0.2, -0.15) is 0 Å². The highest BCUT2D eigenvalue weighted by molar-refractivity contribution is 5.81. The number of amides is 1. The van der Waals surface area contributed by atoms with Gasteiger partial charge in [-0.3, -0.25) is 4.79 Å². The molecule has 1 unspecified atom stereocenters. The molecule has 2 rings (SSSR count). The minimum Gasteiger partial charge on any atom is -0.344 e. The Kier molecular flexibility index (Phi) is 3.50. The van der Waals surface area contributed by atoms with E-state index in [9.17, 15) is 4.79 Å². The van der Waals surface area contributed by atoms with Crippen molar-refractivity contribution in [2.24, 2.45) is 11.8 Å². The van der Waals surface area contributed by atoms with Gasteiger partial charge in [0.15, 0.2) is 0 Å². The molecule has 0 aromatic carbocycles. The lowest BCUT2D eigenvalue weighted by molar-refractivity contribution is -0.122. The molecule has 2 fully saturated rings. The van der Waals surface area contributed by atoms with E-state index < -0.39 is 0 Å². The van der Waals surface area contributed by atoms with Crippen LogP contribution in [0.3, 0.4) is 0 Å². The second-order valence-electron chi connectivity index (χ2n) is 5.01. The van der Waals surface area contributed by atoms with E-state index in [-0.39, 0.29) is 11.9 Å². The van der Waals surface area contributed by atoms with E-state index in [1.807, 2.05) is 6.92 Å². The van der Waals surface area contributed by atoms with Crippen molar-refractivity contribution in [3.8, 4) is 12.3 Å². The summed E-state index contributed by atoms with van der Waals surface area (Å²) in [5.74, 6) is 4.07. The Labute approximate surface area is 97.4 Å². The molecule has 3 heteroatoms. The molecule has 0 radical (unpaired) electrons. The van der Waals surface area contributed by atoms with Crippen molar-refractivity contribution in [1.82, 2.24) is 10.6 Å². The summed E-state index contributed by atoms with van der Waals surface area (Å²) in [7, 11) is 0. The van der Waals surface area contributed by atoms with Crippen LogP contribution >= 0.6 is 0 Å². The average Bonchev–Trinajstić information content (AvgIpc) is 3.15. The van der Waals surface area contributed by atoms with Gasteiger partial charge >= 0.3 is 0 Å². The summed E-state index contributed by atoms with van der Waals surface area (Å²) in [6, 6.07) is 0.436. The van der Waals surface area contributed by atoms with Gasteiger partial charge in [0.25, 0.3) is 0 Å². The van der Waals surface area contributed by atoms with Crippen molar-refractivity contribution in [1.29, 1.82) is 0 Å². The van der Waals surface area contributed by atoms with Crippen LogP contribution in [0.1, 0.15) is 32.6 Å². The Morgan fingerprint density at radius 3 is 2.38 bits per heavy atom. The molecule has 2 N–H and O–H groups in total. The quantitative estimate of drug-likeness (QED) is 0.653. The molecule has 3 nitrogen and oxygen atoms in total. The summed E-state index contributed by atoms with van der Waals surface area (Å²) in [6.07, 6.45) is 10.4.